The van der Waals surface area contributed by atoms with E-state index in [1.54, 1.807) is 0 Å². The quantitative estimate of drug-likeness (QED) is 0.602. The van der Waals surface area contributed by atoms with Crippen LogP contribution in [0.5, 0.6) is 0 Å². The predicted molar refractivity (Wildman–Crippen MR) is 81.4 cm³/mol. The number of aromatic nitrogens is 1. The maximum atomic E-state index is 5.70. The zero-order chi connectivity index (χ0) is 13.8. The molecular formula is C16H28N2O. The molecule has 1 rings (SSSR count). The van der Waals surface area contributed by atoms with Gasteiger partial charge in [0, 0.05) is 19.3 Å². The summed E-state index contributed by atoms with van der Waals surface area (Å²) in [7, 11) is 0. The SMILES string of the molecule is CCCCCCCOCc1ccnc(NCCC)c1. The van der Waals surface area contributed by atoms with Crippen LogP contribution in [0.15, 0.2) is 18.3 Å². The van der Waals surface area contributed by atoms with Gasteiger partial charge in [-0.05, 0) is 30.5 Å². The molecule has 1 aromatic heterocycles. The van der Waals surface area contributed by atoms with Gasteiger partial charge in [-0.1, -0.05) is 39.5 Å². The lowest BCUT2D eigenvalue weighted by Crippen LogP contribution is -2.03. The highest BCUT2D eigenvalue weighted by Gasteiger charge is 1.97. The summed E-state index contributed by atoms with van der Waals surface area (Å²) in [4.78, 5) is 4.29. The molecule has 0 aliphatic carbocycles. The van der Waals surface area contributed by atoms with Crippen LogP contribution in [-0.2, 0) is 11.3 Å². The predicted octanol–water partition coefficient (Wildman–Crippen LogP) is 4.39. The van der Waals surface area contributed by atoms with Crippen LogP contribution in [0.4, 0.5) is 5.82 Å². The van der Waals surface area contributed by atoms with E-state index in [0.717, 1.165) is 25.4 Å². The molecule has 0 aliphatic rings. The van der Waals surface area contributed by atoms with Crippen LogP contribution >= 0.6 is 0 Å². The number of hydrogen-bond donors (Lipinski definition) is 1. The lowest BCUT2D eigenvalue weighted by molar-refractivity contribution is 0.116. The Balaban J connectivity index is 2.14. The highest BCUT2D eigenvalue weighted by atomic mass is 16.5. The minimum Gasteiger partial charge on any atom is -0.377 e. The summed E-state index contributed by atoms with van der Waals surface area (Å²) in [5.74, 6) is 0.950. The van der Waals surface area contributed by atoms with Crippen LogP contribution in [0.3, 0.4) is 0 Å². The van der Waals surface area contributed by atoms with Gasteiger partial charge in [0.2, 0.25) is 0 Å². The van der Waals surface area contributed by atoms with Gasteiger partial charge in [-0.3, -0.25) is 0 Å². The molecule has 0 saturated heterocycles. The molecule has 108 valence electrons. The highest BCUT2D eigenvalue weighted by molar-refractivity contribution is 5.37. The molecule has 0 atom stereocenters. The molecule has 0 aromatic carbocycles. The van der Waals surface area contributed by atoms with Crippen molar-refractivity contribution in [3.8, 4) is 0 Å². The summed E-state index contributed by atoms with van der Waals surface area (Å²) in [5, 5.41) is 3.29. The Morgan fingerprint density at radius 1 is 1.11 bits per heavy atom. The molecular weight excluding hydrogens is 236 g/mol. The molecule has 19 heavy (non-hydrogen) atoms. The third-order valence-corrected chi connectivity index (χ3v) is 3.04. The number of nitrogens with one attached hydrogen (secondary N) is 1. The zero-order valence-corrected chi connectivity index (χ0v) is 12.5. The summed E-state index contributed by atoms with van der Waals surface area (Å²) in [6, 6.07) is 4.10. The molecule has 0 saturated carbocycles. The van der Waals surface area contributed by atoms with Crippen molar-refractivity contribution in [3.05, 3.63) is 23.9 Å². The number of ether oxygens (including phenoxy) is 1. The number of rotatable bonds is 11. The Labute approximate surface area is 117 Å². The Morgan fingerprint density at radius 2 is 1.95 bits per heavy atom. The van der Waals surface area contributed by atoms with Crippen LogP contribution in [-0.4, -0.2) is 18.1 Å². The van der Waals surface area contributed by atoms with Gasteiger partial charge in [-0.2, -0.15) is 0 Å². The Hall–Kier alpha value is -1.09. The fourth-order valence-corrected chi connectivity index (χ4v) is 1.91. The average molecular weight is 264 g/mol. The number of pyridine rings is 1. The summed E-state index contributed by atoms with van der Waals surface area (Å²) in [5.41, 5.74) is 1.20. The largest absolute Gasteiger partial charge is 0.377 e. The van der Waals surface area contributed by atoms with Gasteiger partial charge in [0.1, 0.15) is 5.82 Å². The molecule has 1 heterocycles. The second-order valence-electron chi connectivity index (χ2n) is 4.94. The van der Waals surface area contributed by atoms with E-state index in [9.17, 15) is 0 Å². The van der Waals surface area contributed by atoms with Crippen molar-refractivity contribution in [2.75, 3.05) is 18.5 Å². The van der Waals surface area contributed by atoms with E-state index >= 15 is 0 Å². The third kappa shape index (κ3) is 7.83. The minimum atomic E-state index is 0.692. The maximum absolute atomic E-state index is 5.70. The smallest absolute Gasteiger partial charge is 0.126 e. The summed E-state index contributed by atoms with van der Waals surface area (Å²) in [6.45, 7) is 6.91. The second-order valence-corrected chi connectivity index (χ2v) is 4.94. The molecule has 0 unspecified atom stereocenters. The van der Waals surface area contributed by atoms with Crippen molar-refractivity contribution in [1.29, 1.82) is 0 Å². The van der Waals surface area contributed by atoms with Gasteiger partial charge in [0.25, 0.3) is 0 Å². The number of anilines is 1. The number of unbranched alkanes of at least 4 members (excludes halogenated alkanes) is 4. The van der Waals surface area contributed by atoms with E-state index in [4.69, 9.17) is 4.74 Å². The normalized spacial score (nSPS) is 10.6. The van der Waals surface area contributed by atoms with Crippen LogP contribution < -0.4 is 5.32 Å². The van der Waals surface area contributed by atoms with E-state index in [1.165, 1.54) is 37.7 Å². The first-order valence-electron chi connectivity index (χ1n) is 7.63. The molecule has 0 amide bonds. The van der Waals surface area contributed by atoms with Crippen molar-refractivity contribution in [2.24, 2.45) is 0 Å². The van der Waals surface area contributed by atoms with E-state index in [0.29, 0.717) is 6.61 Å². The van der Waals surface area contributed by atoms with Gasteiger partial charge in [0.15, 0.2) is 0 Å². The molecule has 0 aliphatic heterocycles. The van der Waals surface area contributed by atoms with Crippen molar-refractivity contribution >= 4 is 5.82 Å². The third-order valence-electron chi connectivity index (χ3n) is 3.04. The average Bonchev–Trinajstić information content (AvgIpc) is 2.44. The molecule has 3 nitrogen and oxygen atoms in total. The van der Waals surface area contributed by atoms with Crippen molar-refractivity contribution in [1.82, 2.24) is 4.98 Å². The van der Waals surface area contributed by atoms with Gasteiger partial charge in [0.05, 0.1) is 6.61 Å². The molecule has 0 spiro atoms. The molecule has 0 fully saturated rings. The van der Waals surface area contributed by atoms with Crippen molar-refractivity contribution in [2.45, 2.75) is 59.0 Å². The summed E-state index contributed by atoms with van der Waals surface area (Å²) < 4.78 is 5.70. The number of nitrogens with zero attached hydrogens (tertiary/aromatic N) is 1. The molecule has 1 aromatic rings. The first-order valence-corrected chi connectivity index (χ1v) is 7.63. The number of hydrogen-bond acceptors (Lipinski definition) is 3. The van der Waals surface area contributed by atoms with Gasteiger partial charge in [-0.15, -0.1) is 0 Å². The van der Waals surface area contributed by atoms with Crippen LogP contribution in [0.25, 0.3) is 0 Å². The Bertz CT molecular complexity index is 328. The Kier molecular flexibility index (Phi) is 9.07. The monoisotopic (exact) mass is 264 g/mol. The second kappa shape index (κ2) is 10.8. The Morgan fingerprint density at radius 3 is 2.74 bits per heavy atom. The van der Waals surface area contributed by atoms with E-state index in [2.05, 4.69) is 30.2 Å². The zero-order valence-electron chi connectivity index (χ0n) is 12.5. The fourth-order valence-electron chi connectivity index (χ4n) is 1.91. The fraction of sp³-hybridized carbons (Fsp3) is 0.688. The van der Waals surface area contributed by atoms with E-state index in [1.807, 2.05) is 12.3 Å². The van der Waals surface area contributed by atoms with Crippen LogP contribution in [0, 0.1) is 0 Å². The van der Waals surface area contributed by atoms with Gasteiger partial charge in [-0.25, -0.2) is 4.98 Å². The molecule has 1 N–H and O–H groups in total. The van der Waals surface area contributed by atoms with E-state index < -0.39 is 0 Å². The van der Waals surface area contributed by atoms with Gasteiger partial charge >= 0.3 is 0 Å². The van der Waals surface area contributed by atoms with Crippen molar-refractivity contribution < 1.29 is 4.74 Å². The first-order chi connectivity index (χ1) is 9.36. The standard InChI is InChI=1S/C16H28N2O/c1-3-5-6-7-8-12-19-14-15-9-11-18-16(13-15)17-10-4-2/h9,11,13H,3-8,10,12,14H2,1-2H3,(H,17,18). The van der Waals surface area contributed by atoms with Crippen molar-refractivity contribution in [3.63, 3.8) is 0 Å². The molecule has 3 heteroatoms. The van der Waals surface area contributed by atoms with E-state index in [-0.39, 0.29) is 0 Å². The van der Waals surface area contributed by atoms with Crippen LogP contribution in [0.1, 0.15) is 57.9 Å². The summed E-state index contributed by atoms with van der Waals surface area (Å²) >= 11 is 0. The first kappa shape index (κ1) is 16.0. The summed E-state index contributed by atoms with van der Waals surface area (Å²) in [6.07, 6.45) is 9.39. The lowest BCUT2D eigenvalue weighted by atomic mass is 10.2. The van der Waals surface area contributed by atoms with Gasteiger partial charge < -0.3 is 10.1 Å². The van der Waals surface area contributed by atoms with Crippen LogP contribution in [0.2, 0.25) is 0 Å². The lowest BCUT2D eigenvalue weighted by Gasteiger charge is -2.07. The molecule has 0 radical (unpaired) electrons. The highest BCUT2D eigenvalue weighted by Crippen LogP contribution is 2.09. The maximum Gasteiger partial charge on any atom is 0.126 e. The molecule has 0 bridgehead atoms. The minimum absolute atomic E-state index is 0.692. The topological polar surface area (TPSA) is 34.1 Å².